The molecule has 2 aromatic carbocycles. The number of ether oxygens (including phenoxy) is 1. The van der Waals surface area contributed by atoms with Crippen LogP contribution in [0.2, 0.25) is 0 Å². The summed E-state index contributed by atoms with van der Waals surface area (Å²) in [5.74, 6) is 0.196. The minimum Gasteiger partial charge on any atom is -0.379 e. The second-order valence-corrected chi connectivity index (χ2v) is 8.22. The van der Waals surface area contributed by atoms with E-state index in [2.05, 4.69) is 4.90 Å². The van der Waals surface area contributed by atoms with Crippen LogP contribution in [0.25, 0.3) is 0 Å². The molecule has 1 fully saturated rings. The van der Waals surface area contributed by atoms with Crippen LogP contribution < -0.4 is 4.18 Å². The fourth-order valence-corrected chi connectivity index (χ4v) is 4.32. The first kappa shape index (κ1) is 20.2. The monoisotopic (exact) mass is 406 g/mol. The van der Waals surface area contributed by atoms with E-state index in [1.165, 1.54) is 18.2 Å². The van der Waals surface area contributed by atoms with Crippen LogP contribution in [-0.4, -0.2) is 44.5 Å². The first-order valence-corrected chi connectivity index (χ1v) is 10.3. The number of rotatable bonds is 6. The summed E-state index contributed by atoms with van der Waals surface area (Å²) >= 11 is 0. The van der Waals surface area contributed by atoms with E-state index < -0.39 is 25.6 Å². The van der Waals surface area contributed by atoms with Gasteiger partial charge < -0.3 is 8.92 Å². The molecule has 0 atom stereocenters. The van der Waals surface area contributed by atoms with Crippen LogP contribution in [0.4, 0.5) is 5.69 Å². The molecule has 0 amide bonds. The van der Waals surface area contributed by atoms with Gasteiger partial charge in [-0.1, -0.05) is 18.2 Å². The Labute approximate surface area is 164 Å². The smallest absolute Gasteiger partial charge is 0.346 e. The largest absolute Gasteiger partial charge is 0.379 e. The summed E-state index contributed by atoms with van der Waals surface area (Å²) in [4.78, 5) is 12.2. The molecule has 0 aliphatic carbocycles. The highest BCUT2D eigenvalue weighted by Gasteiger charge is 2.28. The Morgan fingerprint density at radius 1 is 1.18 bits per heavy atom. The van der Waals surface area contributed by atoms with Crippen molar-refractivity contribution in [3.05, 3.63) is 63.2 Å². The van der Waals surface area contributed by atoms with Crippen molar-refractivity contribution in [3.8, 4) is 5.75 Å². The zero-order valence-electron chi connectivity index (χ0n) is 15.8. The number of hydrogen-bond acceptors (Lipinski definition) is 7. The number of benzene rings is 2. The van der Waals surface area contributed by atoms with Gasteiger partial charge in [0.15, 0.2) is 4.90 Å². The predicted molar refractivity (Wildman–Crippen MR) is 103 cm³/mol. The lowest BCUT2D eigenvalue weighted by molar-refractivity contribution is -0.387. The molecule has 0 unspecified atom stereocenters. The summed E-state index contributed by atoms with van der Waals surface area (Å²) < 4.78 is 36.4. The van der Waals surface area contributed by atoms with Crippen LogP contribution in [0, 0.1) is 24.0 Å². The van der Waals surface area contributed by atoms with Gasteiger partial charge in [0.2, 0.25) is 0 Å². The van der Waals surface area contributed by atoms with Crippen molar-refractivity contribution in [1.82, 2.24) is 4.90 Å². The summed E-state index contributed by atoms with van der Waals surface area (Å²) in [5.41, 5.74) is 1.98. The van der Waals surface area contributed by atoms with Crippen LogP contribution in [0.3, 0.4) is 0 Å². The van der Waals surface area contributed by atoms with Crippen molar-refractivity contribution < 1.29 is 22.3 Å². The number of nitro benzene ring substituents is 1. The van der Waals surface area contributed by atoms with Gasteiger partial charge in [-0.15, -0.1) is 0 Å². The lowest BCUT2D eigenvalue weighted by atomic mass is 10.0. The molecule has 0 aromatic heterocycles. The summed E-state index contributed by atoms with van der Waals surface area (Å²) in [7, 11) is -4.37. The highest BCUT2D eigenvalue weighted by Crippen LogP contribution is 2.31. The minimum absolute atomic E-state index is 0.196. The third kappa shape index (κ3) is 4.49. The maximum Gasteiger partial charge on any atom is 0.346 e. The first-order chi connectivity index (χ1) is 13.3. The Morgan fingerprint density at radius 3 is 2.54 bits per heavy atom. The second-order valence-electron chi connectivity index (χ2n) is 6.71. The summed E-state index contributed by atoms with van der Waals surface area (Å²) in [5, 5.41) is 11.2. The molecule has 0 N–H and O–H groups in total. The summed E-state index contributed by atoms with van der Waals surface area (Å²) in [6, 6.07) is 8.77. The van der Waals surface area contributed by atoms with Crippen LogP contribution >= 0.6 is 0 Å². The van der Waals surface area contributed by atoms with Crippen molar-refractivity contribution in [2.24, 2.45) is 0 Å². The summed E-state index contributed by atoms with van der Waals surface area (Å²) in [6.07, 6.45) is 0. The van der Waals surface area contributed by atoms with Gasteiger partial charge in [-0.3, -0.25) is 15.0 Å². The molecule has 0 saturated carbocycles. The third-order valence-corrected chi connectivity index (χ3v) is 5.88. The number of morpholine rings is 1. The molecular weight excluding hydrogens is 384 g/mol. The molecule has 0 bridgehead atoms. The average molecular weight is 406 g/mol. The SMILES string of the molecule is Cc1cc(C)c(CN2CCOCC2)c(OS(=O)(=O)c2ccccc2[N+](=O)[O-])c1. The highest BCUT2D eigenvalue weighted by atomic mass is 32.2. The number of aryl methyl sites for hydroxylation is 2. The Kier molecular flexibility index (Phi) is 5.97. The molecule has 1 aliphatic heterocycles. The zero-order chi connectivity index (χ0) is 20.3. The zero-order valence-corrected chi connectivity index (χ0v) is 16.6. The fraction of sp³-hybridized carbons (Fsp3) is 0.368. The molecule has 9 heteroatoms. The van der Waals surface area contributed by atoms with Gasteiger partial charge in [-0.2, -0.15) is 8.42 Å². The molecule has 1 aliphatic rings. The molecular formula is C19H22N2O6S. The van der Waals surface area contributed by atoms with E-state index in [-0.39, 0.29) is 5.75 Å². The van der Waals surface area contributed by atoms with E-state index in [4.69, 9.17) is 8.92 Å². The van der Waals surface area contributed by atoms with Gasteiger partial charge in [0.05, 0.1) is 18.1 Å². The van der Waals surface area contributed by atoms with Gasteiger partial charge in [-0.25, -0.2) is 0 Å². The average Bonchev–Trinajstić information content (AvgIpc) is 2.65. The van der Waals surface area contributed by atoms with E-state index in [1.807, 2.05) is 19.9 Å². The molecule has 1 heterocycles. The van der Waals surface area contributed by atoms with Crippen molar-refractivity contribution in [3.63, 3.8) is 0 Å². The lowest BCUT2D eigenvalue weighted by Gasteiger charge is -2.28. The predicted octanol–water partition coefficient (Wildman–Crippen LogP) is 2.81. The number of para-hydroxylation sites is 1. The van der Waals surface area contributed by atoms with Crippen molar-refractivity contribution in [2.45, 2.75) is 25.3 Å². The lowest BCUT2D eigenvalue weighted by Crippen LogP contribution is -2.36. The molecule has 1 saturated heterocycles. The van der Waals surface area contributed by atoms with Crippen molar-refractivity contribution in [2.75, 3.05) is 26.3 Å². The van der Waals surface area contributed by atoms with Gasteiger partial charge in [0.1, 0.15) is 5.75 Å². The molecule has 0 radical (unpaired) electrons. The Balaban J connectivity index is 1.98. The van der Waals surface area contributed by atoms with E-state index in [0.29, 0.717) is 19.8 Å². The first-order valence-electron chi connectivity index (χ1n) is 8.86. The van der Waals surface area contributed by atoms with E-state index in [9.17, 15) is 18.5 Å². The number of nitro groups is 1. The quantitative estimate of drug-likeness (QED) is 0.413. The Hall–Kier alpha value is -2.49. The maximum absolute atomic E-state index is 12.8. The summed E-state index contributed by atoms with van der Waals surface area (Å²) in [6.45, 7) is 6.97. The molecule has 8 nitrogen and oxygen atoms in total. The third-order valence-electron chi connectivity index (χ3n) is 4.59. The van der Waals surface area contributed by atoms with Crippen LogP contribution in [0.5, 0.6) is 5.75 Å². The topological polar surface area (TPSA) is 99.0 Å². The van der Waals surface area contributed by atoms with Gasteiger partial charge in [-0.05, 0) is 37.1 Å². The maximum atomic E-state index is 12.8. The van der Waals surface area contributed by atoms with E-state index in [1.54, 1.807) is 6.07 Å². The van der Waals surface area contributed by atoms with Gasteiger partial charge in [0, 0.05) is 31.3 Å². The van der Waals surface area contributed by atoms with E-state index >= 15 is 0 Å². The molecule has 3 rings (SSSR count). The Bertz CT molecular complexity index is 984. The molecule has 150 valence electrons. The van der Waals surface area contributed by atoms with Gasteiger partial charge in [0.25, 0.3) is 5.69 Å². The Morgan fingerprint density at radius 2 is 1.86 bits per heavy atom. The highest BCUT2D eigenvalue weighted by molar-refractivity contribution is 7.87. The van der Waals surface area contributed by atoms with Crippen LogP contribution in [0.1, 0.15) is 16.7 Å². The molecule has 0 spiro atoms. The van der Waals surface area contributed by atoms with Crippen LogP contribution in [-0.2, 0) is 21.4 Å². The van der Waals surface area contributed by atoms with Crippen LogP contribution in [0.15, 0.2) is 41.3 Å². The number of hydrogen-bond donors (Lipinski definition) is 0. The molecule has 2 aromatic rings. The standard InChI is InChI=1S/C19H22N2O6S/c1-14-11-15(2)16(13-20-7-9-26-10-8-20)18(12-14)27-28(24,25)19-6-4-3-5-17(19)21(22)23/h3-6,11-12H,7-10,13H2,1-2H3. The van der Waals surface area contributed by atoms with Crippen molar-refractivity contribution >= 4 is 15.8 Å². The molecule has 28 heavy (non-hydrogen) atoms. The van der Waals surface area contributed by atoms with Crippen molar-refractivity contribution in [1.29, 1.82) is 0 Å². The van der Waals surface area contributed by atoms with Gasteiger partial charge >= 0.3 is 10.1 Å². The van der Waals surface area contributed by atoms with E-state index in [0.717, 1.165) is 35.8 Å². The number of nitrogens with zero attached hydrogens (tertiary/aromatic N) is 2. The second kappa shape index (κ2) is 8.26. The normalized spacial score (nSPS) is 15.4. The minimum atomic E-state index is -4.37. The fourth-order valence-electron chi connectivity index (χ4n) is 3.20.